The first-order valence-electron chi connectivity index (χ1n) is 6.63. The second kappa shape index (κ2) is 6.75. The molecule has 1 atom stereocenters. The fraction of sp³-hybridized carbons (Fsp3) is 0.267. The minimum Gasteiger partial charge on any atom is -0.497 e. The molecular weight excluding hydrogens is 286 g/mol. The summed E-state index contributed by atoms with van der Waals surface area (Å²) in [5.41, 5.74) is 0.548. The molecule has 2 aromatic rings. The van der Waals surface area contributed by atoms with Crippen LogP contribution in [0.5, 0.6) is 11.5 Å². The lowest BCUT2D eigenvalue weighted by atomic mass is 10.1. The van der Waals surface area contributed by atoms with Gasteiger partial charge in [-0.15, -0.1) is 0 Å². The fourth-order valence-electron chi connectivity index (χ4n) is 2.00. The van der Waals surface area contributed by atoms with Crippen LogP contribution in [0, 0.1) is 0 Å². The van der Waals surface area contributed by atoms with E-state index in [2.05, 4.69) is 15.5 Å². The minimum absolute atomic E-state index is 0.133. The zero-order chi connectivity index (χ0) is 16.1. The Hall–Kier alpha value is -2.83. The third-order valence-corrected chi connectivity index (χ3v) is 3.16. The van der Waals surface area contributed by atoms with Crippen molar-refractivity contribution in [1.82, 2.24) is 15.5 Å². The van der Waals surface area contributed by atoms with E-state index >= 15 is 0 Å². The van der Waals surface area contributed by atoms with E-state index < -0.39 is 5.91 Å². The number of rotatable bonds is 5. The van der Waals surface area contributed by atoms with Crippen LogP contribution >= 0.6 is 0 Å². The molecule has 1 heterocycles. The quantitative estimate of drug-likeness (QED) is 0.868. The van der Waals surface area contributed by atoms with Gasteiger partial charge in [0, 0.05) is 11.6 Å². The molecule has 0 aliphatic rings. The molecule has 1 aromatic carbocycles. The number of carbonyl (C=O) groups excluding carboxylic acids is 1. The van der Waals surface area contributed by atoms with Gasteiger partial charge in [0.1, 0.15) is 17.2 Å². The van der Waals surface area contributed by atoms with E-state index in [4.69, 9.17) is 9.47 Å². The molecule has 7 nitrogen and oxygen atoms in total. The Morgan fingerprint density at radius 1 is 1.23 bits per heavy atom. The van der Waals surface area contributed by atoms with Crippen LogP contribution in [0.4, 0.5) is 0 Å². The van der Waals surface area contributed by atoms with Crippen molar-refractivity contribution in [2.45, 2.75) is 13.0 Å². The van der Waals surface area contributed by atoms with Crippen molar-refractivity contribution >= 4 is 5.91 Å². The van der Waals surface area contributed by atoms with E-state index in [9.17, 15) is 9.59 Å². The highest BCUT2D eigenvalue weighted by Crippen LogP contribution is 2.29. The number of ether oxygens (including phenoxy) is 2. The lowest BCUT2D eigenvalue weighted by molar-refractivity contribution is 0.0933. The second-order valence-electron chi connectivity index (χ2n) is 4.61. The third kappa shape index (κ3) is 3.43. The van der Waals surface area contributed by atoms with Gasteiger partial charge in [-0.1, -0.05) is 0 Å². The normalized spacial score (nSPS) is 11.6. The molecule has 2 rings (SSSR count). The summed E-state index contributed by atoms with van der Waals surface area (Å²) >= 11 is 0. The van der Waals surface area contributed by atoms with Crippen LogP contribution in [-0.4, -0.2) is 30.3 Å². The van der Waals surface area contributed by atoms with E-state index in [0.29, 0.717) is 11.5 Å². The van der Waals surface area contributed by atoms with Gasteiger partial charge in [0.25, 0.3) is 11.5 Å². The maximum Gasteiger partial charge on any atom is 0.272 e. The molecule has 0 unspecified atom stereocenters. The molecule has 2 N–H and O–H groups in total. The number of hydrogen-bond donors (Lipinski definition) is 2. The lowest BCUT2D eigenvalue weighted by Crippen LogP contribution is -2.28. The van der Waals surface area contributed by atoms with Crippen LogP contribution in [-0.2, 0) is 0 Å². The van der Waals surface area contributed by atoms with Crippen molar-refractivity contribution in [2.24, 2.45) is 0 Å². The number of nitrogens with zero attached hydrogens (tertiary/aromatic N) is 1. The average Bonchev–Trinajstić information content (AvgIpc) is 2.54. The SMILES string of the molecule is COc1ccc(OC)c([C@H](C)NC(=O)c2ccc(=O)[nH]n2)c1. The number of aromatic nitrogens is 2. The first-order chi connectivity index (χ1) is 10.5. The van der Waals surface area contributed by atoms with Gasteiger partial charge in [0.05, 0.1) is 20.3 Å². The summed E-state index contributed by atoms with van der Waals surface area (Å²) in [6.45, 7) is 1.82. The fourth-order valence-corrected chi connectivity index (χ4v) is 2.00. The monoisotopic (exact) mass is 303 g/mol. The molecule has 116 valence electrons. The van der Waals surface area contributed by atoms with E-state index in [1.165, 1.54) is 12.1 Å². The van der Waals surface area contributed by atoms with Gasteiger partial charge in [0.15, 0.2) is 0 Å². The van der Waals surface area contributed by atoms with Crippen molar-refractivity contribution in [2.75, 3.05) is 14.2 Å². The van der Waals surface area contributed by atoms with Gasteiger partial charge in [0.2, 0.25) is 0 Å². The predicted molar refractivity (Wildman–Crippen MR) is 80.3 cm³/mol. The van der Waals surface area contributed by atoms with Crippen molar-refractivity contribution in [1.29, 1.82) is 0 Å². The molecule has 0 radical (unpaired) electrons. The first kappa shape index (κ1) is 15.6. The topological polar surface area (TPSA) is 93.3 Å². The van der Waals surface area contributed by atoms with Gasteiger partial charge in [-0.3, -0.25) is 9.59 Å². The maximum atomic E-state index is 12.1. The Bertz CT molecular complexity index is 706. The molecule has 0 saturated heterocycles. The Morgan fingerprint density at radius 3 is 2.59 bits per heavy atom. The Labute approximate surface area is 127 Å². The molecular formula is C15H17N3O4. The number of amides is 1. The molecule has 0 aliphatic carbocycles. The number of methoxy groups -OCH3 is 2. The van der Waals surface area contributed by atoms with Gasteiger partial charge < -0.3 is 14.8 Å². The van der Waals surface area contributed by atoms with Crippen LogP contribution in [0.1, 0.15) is 29.0 Å². The van der Waals surface area contributed by atoms with Crippen LogP contribution < -0.4 is 20.3 Å². The van der Waals surface area contributed by atoms with E-state index in [1.807, 2.05) is 6.92 Å². The van der Waals surface area contributed by atoms with Crippen LogP contribution in [0.2, 0.25) is 0 Å². The minimum atomic E-state index is -0.395. The van der Waals surface area contributed by atoms with Crippen LogP contribution in [0.3, 0.4) is 0 Å². The summed E-state index contributed by atoms with van der Waals surface area (Å²) in [5, 5.41) is 8.72. The van der Waals surface area contributed by atoms with E-state index in [-0.39, 0.29) is 17.3 Å². The molecule has 0 bridgehead atoms. The highest BCUT2D eigenvalue weighted by molar-refractivity contribution is 5.92. The summed E-state index contributed by atoms with van der Waals surface area (Å²) in [4.78, 5) is 23.1. The van der Waals surface area contributed by atoms with Crippen LogP contribution in [0.25, 0.3) is 0 Å². The highest BCUT2D eigenvalue weighted by atomic mass is 16.5. The standard InChI is InChI=1S/C15H17N3O4/c1-9(11-8-10(21-2)4-6-13(11)22-3)16-15(20)12-5-7-14(19)18-17-12/h4-9H,1-3H3,(H,16,20)(H,18,19)/t9-/m0/s1. The third-order valence-electron chi connectivity index (χ3n) is 3.16. The summed E-state index contributed by atoms with van der Waals surface area (Å²) in [6, 6.07) is 7.63. The number of carbonyl (C=O) groups is 1. The van der Waals surface area contributed by atoms with Gasteiger partial charge in [-0.25, -0.2) is 5.10 Å². The van der Waals surface area contributed by atoms with E-state index in [1.54, 1.807) is 32.4 Å². The van der Waals surface area contributed by atoms with Crippen molar-refractivity contribution in [3.05, 3.63) is 51.9 Å². The predicted octanol–water partition coefficient (Wildman–Crippen LogP) is 1.28. The second-order valence-corrected chi connectivity index (χ2v) is 4.61. The van der Waals surface area contributed by atoms with Gasteiger partial charge in [-0.05, 0) is 31.2 Å². The molecule has 0 saturated carbocycles. The summed E-state index contributed by atoms with van der Waals surface area (Å²) in [7, 11) is 3.13. The zero-order valence-corrected chi connectivity index (χ0v) is 12.5. The largest absolute Gasteiger partial charge is 0.497 e. The summed E-state index contributed by atoms with van der Waals surface area (Å²) < 4.78 is 10.5. The molecule has 0 aliphatic heterocycles. The van der Waals surface area contributed by atoms with Crippen molar-refractivity contribution in [3.8, 4) is 11.5 Å². The molecule has 7 heteroatoms. The maximum absolute atomic E-state index is 12.1. The molecule has 0 spiro atoms. The highest BCUT2D eigenvalue weighted by Gasteiger charge is 2.17. The van der Waals surface area contributed by atoms with Gasteiger partial charge in [-0.2, -0.15) is 5.10 Å². The van der Waals surface area contributed by atoms with Crippen molar-refractivity contribution in [3.63, 3.8) is 0 Å². The molecule has 1 amide bonds. The lowest BCUT2D eigenvalue weighted by Gasteiger charge is -2.18. The van der Waals surface area contributed by atoms with Crippen LogP contribution in [0.15, 0.2) is 35.1 Å². The molecule has 1 aromatic heterocycles. The Morgan fingerprint density at radius 2 is 2.00 bits per heavy atom. The van der Waals surface area contributed by atoms with E-state index in [0.717, 1.165) is 5.56 Å². The number of H-pyrrole nitrogens is 1. The van der Waals surface area contributed by atoms with Crippen molar-refractivity contribution < 1.29 is 14.3 Å². The average molecular weight is 303 g/mol. The Kier molecular flexibility index (Phi) is 4.77. The summed E-state index contributed by atoms with van der Waals surface area (Å²) in [5.74, 6) is 0.913. The molecule has 0 fully saturated rings. The number of hydrogen-bond acceptors (Lipinski definition) is 5. The molecule has 22 heavy (non-hydrogen) atoms. The smallest absolute Gasteiger partial charge is 0.272 e. The summed E-state index contributed by atoms with van der Waals surface area (Å²) in [6.07, 6.45) is 0. The number of nitrogens with one attached hydrogen (secondary N) is 2. The zero-order valence-electron chi connectivity index (χ0n) is 12.5. The van der Waals surface area contributed by atoms with Gasteiger partial charge >= 0.3 is 0 Å². The first-order valence-corrected chi connectivity index (χ1v) is 6.63. The number of aromatic amines is 1. The Balaban J connectivity index is 2.21. The number of benzene rings is 1.